The van der Waals surface area contributed by atoms with Gasteiger partial charge in [-0.25, -0.2) is 4.40 Å². The van der Waals surface area contributed by atoms with Gasteiger partial charge in [0.1, 0.15) is 0 Å². The van der Waals surface area contributed by atoms with E-state index in [1.165, 1.54) is 18.4 Å². The van der Waals surface area contributed by atoms with Crippen molar-refractivity contribution in [1.82, 2.24) is 4.90 Å². The van der Waals surface area contributed by atoms with Gasteiger partial charge in [0.25, 0.3) is 5.91 Å². The van der Waals surface area contributed by atoms with Crippen LogP contribution in [0.3, 0.4) is 0 Å². The number of carbonyl (C=O) groups is 1. The smallest absolute Gasteiger partial charge is 0.274 e. The minimum atomic E-state index is -0.103. The number of hydrogen-bond acceptors (Lipinski definition) is 4. The monoisotopic (exact) mass is 213 g/mol. The lowest BCUT2D eigenvalue weighted by Crippen LogP contribution is -2.40. The third kappa shape index (κ3) is 2.83. The first kappa shape index (κ1) is 11.2. The average Bonchev–Trinajstić information content (AvgIpc) is 2.26. The molecule has 1 amide bonds. The Morgan fingerprint density at radius 1 is 1.43 bits per heavy atom. The number of nitrogens with zero attached hydrogens (tertiary/aromatic N) is 2. The van der Waals surface area contributed by atoms with E-state index in [1.807, 2.05) is 0 Å². The molecule has 14 heavy (non-hydrogen) atoms. The zero-order chi connectivity index (χ0) is 10.4. The van der Waals surface area contributed by atoms with Crippen molar-refractivity contribution >= 4 is 29.8 Å². The number of piperidine rings is 1. The van der Waals surface area contributed by atoms with E-state index in [4.69, 9.17) is 5.41 Å². The SMILES string of the molecule is CS/N=C(\C=N)C(=O)N1CCCCC1. The molecule has 0 aromatic rings. The molecule has 0 atom stereocenters. The van der Waals surface area contributed by atoms with Gasteiger partial charge in [-0.05, 0) is 31.2 Å². The minimum absolute atomic E-state index is 0.103. The van der Waals surface area contributed by atoms with Crippen molar-refractivity contribution in [3.8, 4) is 0 Å². The Labute approximate surface area is 88.4 Å². The van der Waals surface area contributed by atoms with Crippen LogP contribution in [0.15, 0.2) is 4.40 Å². The van der Waals surface area contributed by atoms with E-state index in [2.05, 4.69) is 4.40 Å². The maximum atomic E-state index is 11.7. The Balaban J connectivity index is 2.61. The maximum absolute atomic E-state index is 11.7. The van der Waals surface area contributed by atoms with Crippen molar-refractivity contribution in [3.63, 3.8) is 0 Å². The second kappa shape index (κ2) is 5.80. The maximum Gasteiger partial charge on any atom is 0.274 e. The summed E-state index contributed by atoms with van der Waals surface area (Å²) in [5.41, 5.74) is 0.249. The summed E-state index contributed by atoms with van der Waals surface area (Å²) in [7, 11) is 0. The van der Waals surface area contributed by atoms with Crippen LogP contribution in [0.2, 0.25) is 0 Å². The molecule has 4 nitrogen and oxygen atoms in total. The van der Waals surface area contributed by atoms with Gasteiger partial charge in [0.2, 0.25) is 0 Å². The van der Waals surface area contributed by atoms with Crippen LogP contribution < -0.4 is 0 Å². The Kier molecular flexibility index (Phi) is 4.65. The molecular formula is C9H15N3OS. The predicted molar refractivity (Wildman–Crippen MR) is 60.2 cm³/mol. The second-order valence-electron chi connectivity index (χ2n) is 3.16. The van der Waals surface area contributed by atoms with Crippen molar-refractivity contribution in [1.29, 1.82) is 5.41 Å². The highest BCUT2D eigenvalue weighted by Crippen LogP contribution is 2.09. The van der Waals surface area contributed by atoms with Crippen LogP contribution in [0.5, 0.6) is 0 Å². The van der Waals surface area contributed by atoms with Crippen LogP contribution in [-0.4, -0.2) is 42.1 Å². The van der Waals surface area contributed by atoms with Gasteiger partial charge < -0.3 is 10.3 Å². The highest BCUT2D eigenvalue weighted by molar-refractivity contribution is 7.97. The molecular weight excluding hydrogens is 198 g/mol. The second-order valence-corrected chi connectivity index (χ2v) is 3.70. The highest BCUT2D eigenvalue weighted by Gasteiger charge is 2.19. The molecule has 1 aliphatic rings. The van der Waals surface area contributed by atoms with E-state index in [0.717, 1.165) is 32.1 Å². The summed E-state index contributed by atoms with van der Waals surface area (Å²) in [4.78, 5) is 13.5. The van der Waals surface area contributed by atoms with E-state index in [0.29, 0.717) is 0 Å². The zero-order valence-electron chi connectivity index (χ0n) is 8.32. The third-order valence-corrected chi connectivity index (χ3v) is 2.57. The molecule has 0 bridgehead atoms. The summed E-state index contributed by atoms with van der Waals surface area (Å²) in [6, 6.07) is 0. The zero-order valence-corrected chi connectivity index (χ0v) is 9.14. The Morgan fingerprint density at radius 3 is 2.57 bits per heavy atom. The van der Waals surface area contributed by atoms with E-state index < -0.39 is 0 Å². The summed E-state index contributed by atoms with van der Waals surface area (Å²) >= 11 is 1.22. The van der Waals surface area contributed by atoms with Gasteiger partial charge in [0.05, 0.1) is 0 Å². The summed E-state index contributed by atoms with van der Waals surface area (Å²) in [5, 5.41) is 7.10. The molecule has 1 fully saturated rings. The molecule has 5 heteroatoms. The van der Waals surface area contributed by atoms with Gasteiger partial charge in [-0.15, -0.1) is 0 Å². The molecule has 1 saturated heterocycles. The van der Waals surface area contributed by atoms with Crippen molar-refractivity contribution < 1.29 is 4.79 Å². The van der Waals surface area contributed by atoms with E-state index in [9.17, 15) is 4.79 Å². The quantitative estimate of drug-likeness (QED) is 0.568. The summed E-state index contributed by atoms with van der Waals surface area (Å²) in [6.07, 6.45) is 6.15. The normalized spacial score (nSPS) is 18.1. The first-order valence-corrected chi connectivity index (χ1v) is 5.88. The summed E-state index contributed by atoms with van der Waals surface area (Å²) in [6.45, 7) is 1.61. The van der Waals surface area contributed by atoms with Gasteiger partial charge in [0.15, 0.2) is 5.71 Å². The molecule has 0 aromatic heterocycles. The van der Waals surface area contributed by atoms with Gasteiger partial charge >= 0.3 is 0 Å². The lowest BCUT2D eigenvalue weighted by molar-refractivity contribution is -0.124. The molecule has 0 unspecified atom stereocenters. The standard InChI is InChI=1S/C9H15N3OS/c1-14-11-8(7-10)9(13)12-5-3-2-4-6-12/h7,10H,2-6H2,1H3/b10-7?,11-8+. The summed E-state index contributed by atoms with van der Waals surface area (Å²) < 4.78 is 3.92. The summed E-state index contributed by atoms with van der Waals surface area (Å²) in [5.74, 6) is -0.103. The molecule has 1 aliphatic heterocycles. The number of rotatable bonds is 3. The number of amides is 1. The topological polar surface area (TPSA) is 56.5 Å². The first-order chi connectivity index (χ1) is 6.79. The molecule has 0 spiro atoms. The van der Waals surface area contributed by atoms with Gasteiger partial charge in [-0.2, -0.15) is 0 Å². The van der Waals surface area contributed by atoms with Gasteiger partial charge in [0, 0.05) is 25.6 Å². The molecule has 0 aromatic carbocycles. The number of likely N-dealkylation sites (tertiary alicyclic amines) is 1. The Hall–Kier alpha value is -0.840. The fourth-order valence-corrected chi connectivity index (χ4v) is 1.81. The van der Waals surface area contributed by atoms with Crippen molar-refractivity contribution in [2.45, 2.75) is 19.3 Å². The third-order valence-electron chi connectivity index (χ3n) is 2.19. The van der Waals surface area contributed by atoms with Crippen LogP contribution in [0.25, 0.3) is 0 Å². The predicted octanol–water partition coefficient (Wildman–Crippen LogP) is 1.37. The van der Waals surface area contributed by atoms with E-state index >= 15 is 0 Å². The van der Waals surface area contributed by atoms with Crippen LogP contribution in [-0.2, 0) is 4.79 Å². The number of hydrogen-bond donors (Lipinski definition) is 1. The van der Waals surface area contributed by atoms with Crippen molar-refractivity contribution in [2.75, 3.05) is 19.3 Å². The molecule has 0 radical (unpaired) electrons. The highest BCUT2D eigenvalue weighted by atomic mass is 32.2. The van der Waals surface area contributed by atoms with Crippen LogP contribution in [0, 0.1) is 5.41 Å². The largest absolute Gasteiger partial charge is 0.337 e. The molecule has 0 saturated carbocycles. The lowest BCUT2D eigenvalue weighted by atomic mass is 10.1. The van der Waals surface area contributed by atoms with Gasteiger partial charge in [-0.1, -0.05) is 0 Å². The van der Waals surface area contributed by atoms with Crippen molar-refractivity contribution in [2.24, 2.45) is 4.40 Å². The number of carbonyl (C=O) groups excluding carboxylic acids is 1. The first-order valence-electron chi connectivity index (χ1n) is 4.70. The van der Waals surface area contributed by atoms with E-state index in [1.54, 1.807) is 11.2 Å². The average molecular weight is 213 g/mol. The van der Waals surface area contributed by atoms with Crippen LogP contribution in [0.1, 0.15) is 19.3 Å². The molecule has 1 heterocycles. The van der Waals surface area contributed by atoms with Gasteiger partial charge in [-0.3, -0.25) is 4.79 Å². The van der Waals surface area contributed by atoms with E-state index in [-0.39, 0.29) is 11.6 Å². The molecule has 78 valence electrons. The lowest BCUT2D eigenvalue weighted by Gasteiger charge is -2.26. The van der Waals surface area contributed by atoms with Crippen LogP contribution >= 0.6 is 11.9 Å². The number of nitrogens with one attached hydrogen (secondary N) is 1. The van der Waals surface area contributed by atoms with Crippen LogP contribution in [0.4, 0.5) is 0 Å². The Morgan fingerprint density at radius 2 is 2.07 bits per heavy atom. The molecule has 1 rings (SSSR count). The fourth-order valence-electron chi connectivity index (χ4n) is 1.48. The molecule has 1 N–H and O–H groups in total. The molecule has 0 aliphatic carbocycles. The fraction of sp³-hybridized carbons (Fsp3) is 0.667. The van der Waals surface area contributed by atoms with Crippen molar-refractivity contribution in [3.05, 3.63) is 0 Å². The minimum Gasteiger partial charge on any atom is -0.337 e. The Bertz CT molecular complexity index is 246.